The van der Waals surface area contributed by atoms with E-state index in [1.54, 1.807) is 11.3 Å². The molecule has 4 heteroatoms. The van der Waals surface area contributed by atoms with Gasteiger partial charge >= 0.3 is 0 Å². The van der Waals surface area contributed by atoms with Gasteiger partial charge in [0.05, 0.1) is 5.54 Å². The topological polar surface area (TPSA) is 28.2 Å². The van der Waals surface area contributed by atoms with Crippen LogP contribution in [0.3, 0.4) is 0 Å². The summed E-state index contributed by atoms with van der Waals surface area (Å²) >= 11 is 1.79. The molecular formula is C23H27N3S. The Labute approximate surface area is 166 Å². The average molecular weight is 378 g/mol. The van der Waals surface area contributed by atoms with Crippen molar-refractivity contribution in [3.8, 4) is 0 Å². The Morgan fingerprint density at radius 1 is 1.00 bits per heavy atom. The maximum Gasteiger partial charge on any atom is 0.118 e. The van der Waals surface area contributed by atoms with Gasteiger partial charge in [0.15, 0.2) is 0 Å². The van der Waals surface area contributed by atoms with E-state index in [0.717, 1.165) is 38.2 Å². The van der Waals surface area contributed by atoms with Crippen molar-refractivity contribution in [1.29, 1.82) is 0 Å². The van der Waals surface area contributed by atoms with E-state index in [9.17, 15) is 0 Å². The fourth-order valence-electron chi connectivity index (χ4n) is 3.87. The van der Waals surface area contributed by atoms with Gasteiger partial charge in [0, 0.05) is 36.4 Å². The SMILES string of the molecule is Cc1csc(C2(Nc3ccccc3C)CCN(Cc3ccccc3)CC2)n1. The first-order chi connectivity index (χ1) is 13.1. The number of rotatable bonds is 5. The number of anilines is 1. The van der Waals surface area contributed by atoms with Gasteiger partial charge in [0.1, 0.15) is 5.01 Å². The van der Waals surface area contributed by atoms with E-state index in [1.807, 2.05) is 0 Å². The van der Waals surface area contributed by atoms with Crippen LogP contribution in [-0.4, -0.2) is 23.0 Å². The average Bonchev–Trinajstić information content (AvgIpc) is 3.13. The van der Waals surface area contributed by atoms with Crippen molar-refractivity contribution in [2.45, 2.75) is 38.8 Å². The smallest absolute Gasteiger partial charge is 0.118 e. The highest BCUT2D eigenvalue weighted by Gasteiger charge is 2.38. The molecule has 1 N–H and O–H groups in total. The number of hydrogen-bond donors (Lipinski definition) is 1. The molecular weight excluding hydrogens is 350 g/mol. The minimum atomic E-state index is -0.0712. The number of likely N-dealkylation sites (tertiary alicyclic amines) is 1. The number of piperidine rings is 1. The lowest BCUT2D eigenvalue weighted by Crippen LogP contribution is -2.47. The third-order valence-corrected chi connectivity index (χ3v) is 6.67. The predicted molar refractivity (Wildman–Crippen MR) is 114 cm³/mol. The van der Waals surface area contributed by atoms with E-state index >= 15 is 0 Å². The number of nitrogens with one attached hydrogen (secondary N) is 1. The van der Waals surface area contributed by atoms with Crippen LogP contribution >= 0.6 is 11.3 Å². The van der Waals surface area contributed by atoms with Gasteiger partial charge in [-0.25, -0.2) is 4.98 Å². The van der Waals surface area contributed by atoms with Crippen LogP contribution < -0.4 is 5.32 Å². The fraction of sp³-hybridized carbons (Fsp3) is 0.348. The first kappa shape index (κ1) is 18.2. The first-order valence-corrected chi connectivity index (χ1v) is 10.6. The van der Waals surface area contributed by atoms with Crippen LogP contribution in [0, 0.1) is 13.8 Å². The van der Waals surface area contributed by atoms with Gasteiger partial charge < -0.3 is 5.32 Å². The largest absolute Gasteiger partial charge is 0.373 e. The fourth-order valence-corrected chi connectivity index (χ4v) is 4.88. The molecule has 0 unspecified atom stereocenters. The minimum absolute atomic E-state index is 0.0712. The van der Waals surface area contributed by atoms with Gasteiger partial charge in [0.25, 0.3) is 0 Å². The Balaban J connectivity index is 1.55. The quantitative estimate of drug-likeness (QED) is 0.648. The van der Waals surface area contributed by atoms with E-state index < -0.39 is 0 Å². The molecule has 4 rings (SSSR count). The normalized spacial score (nSPS) is 17.0. The molecule has 27 heavy (non-hydrogen) atoms. The maximum atomic E-state index is 4.88. The zero-order valence-corrected chi connectivity index (χ0v) is 16.9. The molecule has 1 saturated heterocycles. The summed E-state index contributed by atoms with van der Waals surface area (Å²) in [6, 6.07) is 19.4. The maximum absolute atomic E-state index is 4.88. The van der Waals surface area contributed by atoms with E-state index in [2.05, 4.69) is 84.0 Å². The number of hydrogen-bond acceptors (Lipinski definition) is 4. The molecule has 0 atom stereocenters. The molecule has 0 bridgehead atoms. The Morgan fingerprint density at radius 2 is 1.70 bits per heavy atom. The van der Waals surface area contributed by atoms with Crippen molar-refractivity contribution in [3.63, 3.8) is 0 Å². The molecule has 0 spiro atoms. The highest BCUT2D eigenvalue weighted by atomic mass is 32.1. The summed E-state index contributed by atoms with van der Waals surface area (Å²) in [6.45, 7) is 7.44. The second-order valence-electron chi connectivity index (χ2n) is 7.58. The third kappa shape index (κ3) is 4.07. The summed E-state index contributed by atoms with van der Waals surface area (Å²) in [4.78, 5) is 7.44. The number of thiazole rings is 1. The van der Waals surface area contributed by atoms with Crippen molar-refractivity contribution in [1.82, 2.24) is 9.88 Å². The van der Waals surface area contributed by atoms with Gasteiger partial charge in [-0.2, -0.15) is 0 Å². The predicted octanol–water partition coefficient (Wildman–Crippen LogP) is 5.36. The molecule has 2 heterocycles. The van der Waals surface area contributed by atoms with Crippen LogP contribution in [0.25, 0.3) is 0 Å². The molecule has 0 amide bonds. The highest BCUT2D eigenvalue weighted by molar-refractivity contribution is 7.09. The zero-order valence-electron chi connectivity index (χ0n) is 16.1. The number of para-hydroxylation sites is 1. The zero-order chi connectivity index (χ0) is 18.7. The molecule has 0 aliphatic carbocycles. The van der Waals surface area contributed by atoms with Crippen molar-refractivity contribution >= 4 is 17.0 Å². The Morgan fingerprint density at radius 3 is 2.37 bits per heavy atom. The van der Waals surface area contributed by atoms with Gasteiger partial charge in [0.2, 0.25) is 0 Å². The summed E-state index contributed by atoms with van der Waals surface area (Å²) < 4.78 is 0. The number of aryl methyl sites for hydroxylation is 2. The van der Waals surface area contributed by atoms with Crippen molar-refractivity contribution in [2.24, 2.45) is 0 Å². The van der Waals surface area contributed by atoms with Gasteiger partial charge in [-0.1, -0.05) is 48.5 Å². The summed E-state index contributed by atoms with van der Waals surface area (Å²) in [5.41, 5.74) is 4.95. The number of aromatic nitrogens is 1. The minimum Gasteiger partial charge on any atom is -0.373 e. The second kappa shape index (κ2) is 7.83. The molecule has 140 valence electrons. The lowest BCUT2D eigenvalue weighted by molar-refractivity contribution is 0.166. The van der Waals surface area contributed by atoms with Gasteiger partial charge in [-0.15, -0.1) is 11.3 Å². The van der Waals surface area contributed by atoms with E-state index in [4.69, 9.17) is 4.98 Å². The monoisotopic (exact) mass is 377 g/mol. The van der Waals surface area contributed by atoms with Crippen molar-refractivity contribution in [2.75, 3.05) is 18.4 Å². The summed E-state index contributed by atoms with van der Waals surface area (Å²) in [7, 11) is 0. The standard InChI is InChI=1S/C23H27N3S/c1-18-8-6-7-11-21(18)25-23(22-24-19(2)17-27-22)12-14-26(15-13-23)16-20-9-4-3-5-10-20/h3-11,17,25H,12-16H2,1-2H3. The van der Waals surface area contributed by atoms with E-state index in [0.29, 0.717) is 0 Å². The molecule has 1 fully saturated rings. The van der Waals surface area contributed by atoms with Gasteiger partial charge in [-0.3, -0.25) is 4.90 Å². The lowest BCUT2D eigenvalue weighted by Gasteiger charge is -2.42. The molecule has 1 aromatic heterocycles. The van der Waals surface area contributed by atoms with Crippen LogP contribution in [0.15, 0.2) is 60.0 Å². The number of nitrogens with zero attached hydrogens (tertiary/aromatic N) is 2. The Hall–Kier alpha value is -2.17. The van der Waals surface area contributed by atoms with Crippen LogP contribution in [0.4, 0.5) is 5.69 Å². The molecule has 1 aliphatic heterocycles. The lowest BCUT2D eigenvalue weighted by atomic mass is 9.87. The van der Waals surface area contributed by atoms with Crippen LogP contribution in [0.1, 0.15) is 34.7 Å². The Kier molecular flexibility index (Phi) is 5.28. The molecule has 3 nitrogen and oxygen atoms in total. The Bertz CT molecular complexity index is 879. The molecule has 0 saturated carbocycles. The summed E-state index contributed by atoms with van der Waals surface area (Å²) in [5.74, 6) is 0. The summed E-state index contributed by atoms with van der Waals surface area (Å²) in [5, 5.41) is 7.30. The van der Waals surface area contributed by atoms with E-state index in [1.165, 1.54) is 21.8 Å². The molecule has 0 radical (unpaired) electrons. The van der Waals surface area contributed by atoms with Crippen molar-refractivity contribution < 1.29 is 0 Å². The molecule has 3 aromatic rings. The van der Waals surface area contributed by atoms with E-state index in [-0.39, 0.29) is 5.54 Å². The summed E-state index contributed by atoms with van der Waals surface area (Å²) in [6.07, 6.45) is 2.14. The van der Waals surface area contributed by atoms with Crippen LogP contribution in [0.2, 0.25) is 0 Å². The van der Waals surface area contributed by atoms with Crippen LogP contribution in [-0.2, 0) is 12.1 Å². The number of benzene rings is 2. The first-order valence-electron chi connectivity index (χ1n) is 9.67. The third-order valence-electron chi connectivity index (χ3n) is 5.51. The highest BCUT2D eigenvalue weighted by Crippen LogP contribution is 2.39. The second-order valence-corrected chi connectivity index (χ2v) is 8.44. The molecule has 1 aliphatic rings. The molecule has 2 aromatic carbocycles. The van der Waals surface area contributed by atoms with Crippen LogP contribution in [0.5, 0.6) is 0 Å². The van der Waals surface area contributed by atoms with Crippen molar-refractivity contribution in [3.05, 3.63) is 81.8 Å². The van der Waals surface area contributed by atoms with Gasteiger partial charge in [-0.05, 0) is 43.9 Å².